The summed E-state index contributed by atoms with van der Waals surface area (Å²) in [4.78, 5) is 10.9. The standard InChI is InChI=1S/C13H9ClFNO3/c14-9-6-8(15)2-4-11(9)19-12-5-7(13(17)18)1-3-10(12)16/h1-6H,16H2,(H,17,18). The molecule has 0 aliphatic carbocycles. The molecular weight excluding hydrogens is 273 g/mol. The highest BCUT2D eigenvalue weighted by Gasteiger charge is 2.10. The van der Waals surface area contributed by atoms with Gasteiger partial charge in [0.1, 0.15) is 11.6 Å². The molecule has 98 valence electrons. The molecule has 0 saturated heterocycles. The number of hydrogen-bond acceptors (Lipinski definition) is 3. The number of benzene rings is 2. The first-order valence-electron chi connectivity index (χ1n) is 5.23. The number of ether oxygens (including phenoxy) is 1. The van der Waals surface area contributed by atoms with Gasteiger partial charge in [0.25, 0.3) is 0 Å². The van der Waals surface area contributed by atoms with E-state index in [1.54, 1.807) is 0 Å². The van der Waals surface area contributed by atoms with Gasteiger partial charge in [-0.3, -0.25) is 0 Å². The van der Waals surface area contributed by atoms with Gasteiger partial charge in [-0.2, -0.15) is 0 Å². The molecule has 2 aromatic rings. The number of carboxylic acids is 1. The van der Waals surface area contributed by atoms with Gasteiger partial charge >= 0.3 is 5.97 Å². The number of hydrogen-bond donors (Lipinski definition) is 2. The van der Waals surface area contributed by atoms with Gasteiger partial charge in [-0.15, -0.1) is 0 Å². The molecule has 0 heterocycles. The summed E-state index contributed by atoms with van der Waals surface area (Å²) in [7, 11) is 0. The predicted octanol–water partition coefficient (Wildman–Crippen LogP) is 3.55. The number of halogens is 2. The smallest absolute Gasteiger partial charge is 0.335 e. The molecule has 0 bridgehead atoms. The Morgan fingerprint density at radius 3 is 2.58 bits per heavy atom. The number of nitrogens with two attached hydrogens (primary N) is 1. The molecule has 2 rings (SSSR count). The molecule has 3 N–H and O–H groups in total. The van der Waals surface area contributed by atoms with Crippen LogP contribution in [0, 0.1) is 5.82 Å². The van der Waals surface area contributed by atoms with Crippen LogP contribution in [0.2, 0.25) is 5.02 Å². The maximum atomic E-state index is 12.9. The van der Waals surface area contributed by atoms with Crippen LogP contribution >= 0.6 is 11.6 Å². The van der Waals surface area contributed by atoms with Crippen molar-refractivity contribution in [2.75, 3.05) is 5.73 Å². The number of anilines is 1. The number of carbonyl (C=O) groups is 1. The van der Waals surface area contributed by atoms with Gasteiger partial charge in [-0.1, -0.05) is 11.6 Å². The summed E-state index contributed by atoms with van der Waals surface area (Å²) in [5.41, 5.74) is 5.97. The van der Waals surface area contributed by atoms with E-state index in [9.17, 15) is 9.18 Å². The monoisotopic (exact) mass is 281 g/mol. The van der Waals surface area contributed by atoms with Crippen molar-refractivity contribution in [2.24, 2.45) is 0 Å². The van der Waals surface area contributed by atoms with Gasteiger partial charge in [0, 0.05) is 0 Å². The highest BCUT2D eigenvalue weighted by molar-refractivity contribution is 6.32. The lowest BCUT2D eigenvalue weighted by atomic mass is 10.2. The van der Waals surface area contributed by atoms with E-state index in [0.717, 1.165) is 6.07 Å². The van der Waals surface area contributed by atoms with E-state index in [4.69, 9.17) is 27.2 Å². The number of nitrogen functional groups attached to an aromatic ring is 1. The molecule has 0 saturated carbocycles. The molecule has 0 aliphatic rings. The van der Waals surface area contributed by atoms with E-state index in [2.05, 4.69) is 0 Å². The van der Waals surface area contributed by atoms with Crippen molar-refractivity contribution in [1.29, 1.82) is 0 Å². The van der Waals surface area contributed by atoms with Crippen molar-refractivity contribution in [3.63, 3.8) is 0 Å². The molecule has 0 spiro atoms. The third-order valence-corrected chi connectivity index (χ3v) is 2.67. The Labute approximate surface area is 113 Å². The highest BCUT2D eigenvalue weighted by Crippen LogP contribution is 2.33. The molecular formula is C13H9ClFNO3. The zero-order valence-corrected chi connectivity index (χ0v) is 10.3. The Bertz CT molecular complexity index is 646. The minimum absolute atomic E-state index is 0.0300. The van der Waals surface area contributed by atoms with Crippen molar-refractivity contribution in [3.05, 3.63) is 52.8 Å². The van der Waals surface area contributed by atoms with E-state index in [-0.39, 0.29) is 27.8 Å². The molecule has 6 heteroatoms. The molecule has 0 aromatic heterocycles. The van der Waals surface area contributed by atoms with Gasteiger partial charge < -0.3 is 15.6 Å². The maximum absolute atomic E-state index is 12.9. The van der Waals surface area contributed by atoms with Crippen LogP contribution in [0.25, 0.3) is 0 Å². The van der Waals surface area contributed by atoms with Gasteiger partial charge in [0.15, 0.2) is 5.75 Å². The van der Waals surface area contributed by atoms with Crippen LogP contribution < -0.4 is 10.5 Å². The van der Waals surface area contributed by atoms with Crippen LogP contribution in [0.1, 0.15) is 10.4 Å². The van der Waals surface area contributed by atoms with E-state index >= 15 is 0 Å². The summed E-state index contributed by atoms with van der Waals surface area (Å²) in [5.74, 6) is -1.26. The largest absolute Gasteiger partial charge is 0.478 e. The molecule has 0 fully saturated rings. The van der Waals surface area contributed by atoms with Gasteiger partial charge in [0.05, 0.1) is 16.3 Å². The van der Waals surface area contributed by atoms with Crippen LogP contribution in [0.4, 0.5) is 10.1 Å². The Balaban J connectivity index is 2.37. The van der Waals surface area contributed by atoms with E-state index in [1.165, 1.54) is 30.3 Å². The topological polar surface area (TPSA) is 72.6 Å². The van der Waals surface area contributed by atoms with E-state index < -0.39 is 11.8 Å². The highest BCUT2D eigenvalue weighted by atomic mass is 35.5. The second-order valence-electron chi connectivity index (χ2n) is 3.73. The fraction of sp³-hybridized carbons (Fsp3) is 0. The lowest BCUT2D eigenvalue weighted by molar-refractivity contribution is 0.0696. The first-order valence-corrected chi connectivity index (χ1v) is 5.61. The van der Waals surface area contributed by atoms with Gasteiger partial charge in [-0.25, -0.2) is 9.18 Å². The zero-order valence-electron chi connectivity index (χ0n) is 9.56. The molecule has 0 aliphatic heterocycles. The molecule has 19 heavy (non-hydrogen) atoms. The molecule has 0 amide bonds. The summed E-state index contributed by atoms with van der Waals surface area (Å²) >= 11 is 5.81. The molecule has 0 radical (unpaired) electrons. The van der Waals surface area contributed by atoms with E-state index in [1.807, 2.05) is 0 Å². The van der Waals surface area contributed by atoms with Gasteiger partial charge in [0.2, 0.25) is 0 Å². The van der Waals surface area contributed by atoms with Crippen molar-refractivity contribution < 1.29 is 19.0 Å². The lowest BCUT2D eigenvalue weighted by Gasteiger charge is -2.10. The Kier molecular flexibility index (Phi) is 3.57. The van der Waals surface area contributed by atoms with Crippen LogP contribution in [-0.2, 0) is 0 Å². The Hall–Kier alpha value is -2.27. The summed E-state index contributed by atoms with van der Waals surface area (Å²) in [6.07, 6.45) is 0. The SMILES string of the molecule is Nc1ccc(C(=O)O)cc1Oc1ccc(F)cc1Cl. The first-order chi connectivity index (χ1) is 8.97. The maximum Gasteiger partial charge on any atom is 0.335 e. The van der Waals surface area contributed by atoms with Crippen LogP contribution in [0.15, 0.2) is 36.4 Å². The Morgan fingerprint density at radius 1 is 1.21 bits per heavy atom. The number of rotatable bonds is 3. The molecule has 4 nitrogen and oxygen atoms in total. The Morgan fingerprint density at radius 2 is 1.95 bits per heavy atom. The summed E-state index contributed by atoms with van der Waals surface area (Å²) in [6, 6.07) is 7.65. The normalized spacial score (nSPS) is 10.2. The third kappa shape index (κ3) is 2.95. The number of aromatic carboxylic acids is 1. The minimum atomic E-state index is -1.10. The van der Waals surface area contributed by atoms with Crippen molar-refractivity contribution in [2.45, 2.75) is 0 Å². The van der Waals surface area contributed by atoms with Crippen LogP contribution in [-0.4, -0.2) is 11.1 Å². The second kappa shape index (κ2) is 5.16. The van der Waals surface area contributed by atoms with E-state index in [0.29, 0.717) is 0 Å². The summed E-state index contributed by atoms with van der Waals surface area (Å²) in [5, 5.41) is 8.95. The fourth-order valence-corrected chi connectivity index (χ4v) is 1.64. The molecule has 0 atom stereocenters. The average Bonchev–Trinajstić information content (AvgIpc) is 2.34. The number of carboxylic acid groups (broad SMARTS) is 1. The minimum Gasteiger partial charge on any atom is -0.478 e. The lowest BCUT2D eigenvalue weighted by Crippen LogP contribution is -1.99. The van der Waals surface area contributed by atoms with Crippen molar-refractivity contribution in [1.82, 2.24) is 0 Å². The third-order valence-electron chi connectivity index (χ3n) is 2.37. The van der Waals surface area contributed by atoms with Gasteiger partial charge in [-0.05, 0) is 36.4 Å². The van der Waals surface area contributed by atoms with Crippen molar-refractivity contribution >= 4 is 23.3 Å². The average molecular weight is 282 g/mol. The molecule has 2 aromatic carbocycles. The van der Waals surface area contributed by atoms with Crippen molar-refractivity contribution in [3.8, 4) is 11.5 Å². The second-order valence-corrected chi connectivity index (χ2v) is 4.14. The first kappa shape index (κ1) is 13.2. The fourth-order valence-electron chi connectivity index (χ4n) is 1.43. The predicted molar refractivity (Wildman–Crippen MR) is 69.3 cm³/mol. The summed E-state index contributed by atoms with van der Waals surface area (Å²) < 4.78 is 18.3. The summed E-state index contributed by atoms with van der Waals surface area (Å²) in [6.45, 7) is 0. The quantitative estimate of drug-likeness (QED) is 0.844. The molecule has 0 unspecified atom stereocenters. The van der Waals surface area contributed by atoms with Crippen LogP contribution in [0.3, 0.4) is 0 Å². The van der Waals surface area contributed by atoms with Crippen LogP contribution in [0.5, 0.6) is 11.5 Å². The zero-order chi connectivity index (χ0) is 14.0.